The summed E-state index contributed by atoms with van der Waals surface area (Å²) in [5.41, 5.74) is 2.49. The molecule has 202 valence electrons. The molecule has 0 spiro atoms. The highest BCUT2D eigenvalue weighted by Crippen LogP contribution is 2.30. The molecule has 39 heavy (non-hydrogen) atoms. The Hall–Kier alpha value is -4.44. The van der Waals surface area contributed by atoms with Crippen LogP contribution in [0.4, 0.5) is 9.18 Å². The van der Waals surface area contributed by atoms with E-state index >= 15 is 0 Å². The second-order valence-electron chi connectivity index (χ2n) is 9.78. The van der Waals surface area contributed by atoms with E-state index in [0.717, 1.165) is 16.7 Å². The lowest BCUT2D eigenvalue weighted by Gasteiger charge is -2.45. The van der Waals surface area contributed by atoms with Gasteiger partial charge < -0.3 is 20.2 Å². The Labute approximate surface area is 226 Å². The van der Waals surface area contributed by atoms with Gasteiger partial charge in [-0.1, -0.05) is 54.6 Å². The highest BCUT2D eigenvalue weighted by molar-refractivity contribution is 5.91. The number of urea groups is 1. The topological polar surface area (TPSA) is 96.4 Å². The third-order valence-electron chi connectivity index (χ3n) is 7.18. The first-order valence-corrected chi connectivity index (χ1v) is 12.7. The zero-order chi connectivity index (χ0) is 27.5. The molecule has 0 aromatic heterocycles. The molecular weight excluding hydrogens is 501 g/mol. The Morgan fingerprint density at radius 3 is 2.33 bits per heavy atom. The molecule has 0 radical (unpaired) electrons. The minimum absolute atomic E-state index is 0.0519. The van der Waals surface area contributed by atoms with Crippen molar-refractivity contribution in [3.05, 3.63) is 101 Å². The van der Waals surface area contributed by atoms with Crippen molar-refractivity contribution in [2.45, 2.75) is 31.7 Å². The molecule has 3 aromatic carbocycles. The maximum absolute atomic E-state index is 13.7. The van der Waals surface area contributed by atoms with E-state index in [1.165, 1.54) is 17.1 Å². The summed E-state index contributed by atoms with van der Waals surface area (Å²) in [6.07, 6.45) is -0.316. The van der Waals surface area contributed by atoms with E-state index in [1.54, 1.807) is 58.3 Å². The van der Waals surface area contributed by atoms with Crippen molar-refractivity contribution in [1.29, 1.82) is 0 Å². The number of phenols is 1. The first kappa shape index (κ1) is 26.2. The van der Waals surface area contributed by atoms with Crippen LogP contribution in [0.15, 0.2) is 78.9 Å². The van der Waals surface area contributed by atoms with Gasteiger partial charge in [-0.15, -0.1) is 0 Å². The van der Waals surface area contributed by atoms with Gasteiger partial charge in [0, 0.05) is 26.6 Å². The fourth-order valence-corrected chi connectivity index (χ4v) is 5.12. The van der Waals surface area contributed by atoms with Gasteiger partial charge in [-0.25, -0.2) is 9.18 Å². The summed E-state index contributed by atoms with van der Waals surface area (Å²) in [6, 6.07) is 20.8. The van der Waals surface area contributed by atoms with E-state index in [-0.39, 0.29) is 55.5 Å². The van der Waals surface area contributed by atoms with Gasteiger partial charge in [0.2, 0.25) is 11.8 Å². The van der Waals surface area contributed by atoms with Gasteiger partial charge >= 0.3 is 6.03 Å². The van der Waals surface area contributed by atoms with Crippen LogP contribution in [0.2, 0.25) is 0 Å². The predicted octanol–water partition coefficient (Wildman–Crippen LogP) is 2.71. The number of fused-ring (bicyclic) bond motifs is 1. The zero-order valence-corrected chi connectivity index (χ0v) is 21.5. The van der Waals surface area contributed by atoms with Gasteiger partial charge in [-0.2, -0.15) is 5.01 Å². The van der Waals surface area contributed by atoms with Gasteiger partial charge in [0.25, 0.3) is 0 Å². The highest BCUT2D eigenvalue weighted by Gasteiger charge is 2.51. The van der Waals surface area contributed by atoms with Crippen LogP contribution in [-0.2, 0) is 29.1 Å². The van der Waals surface area contributed by atoms with Crippen LogP contribution in [0.3, 0.4) is 0 Å². The number of piperazine rings is 1. The maximum Gasteiger partial charge on any atom is 0.332 e. The number of carbonyl (C=O) groups is 3. The molecule has 0 saturated carbocycles. The van der Waals surface area contributed by atoms with Crippen LogP contribution < -0.4 is 5.32 Å². The van der Waals surface area contributed by atoms with E-state index in [2.05, 4.69) is 5.32 Å². The number of hydrazine groups is 1. The van der Waals surface area contributed by atoms with Gasteiger partial charge in [0.1, 0.15) is 23.8 Å². The first-order chi connectivity index (χ1) is 18.8. The molecular formula is C29H30FN5O4. The number of aromatic hydroxyl groups is 1. The molecule has 2 atom stereocenters. The number of carbonyl (C=O) groups excluding carboxylic acids is 3. The van der Waals surface area contributed by atoms with Crippen molar-refractivity contribution in [2.24, 2.45) is 0 Å². The van der Waals surface area contributed by atoms with Crippen LogP contribution in [0.1, 0.15) is 16.7 Å². The summed E-state index contributed by atoms with van der Waals surface area (Å²) in [6.45, 7) is 0.703. The molecule has 5 rings (SSSR count). The van der Waals surface area contributed by atoms with E-state index in [4.69, 9.17) is 0 Å². The van der Waals surface area contributed by atoms with E-state index < -0.39 is 12.2 Å². The molecule has 0 bridgehead atoms. The Balaban J connectivity index is 1.39. The number of halogens is 1. The minimum Gasteiger partial charge on any atom is -0.508 e. The lowest BCUT2D eigenvalue weighted by Crippen LogP contribution is -2.65. The average Bonchev–Trinajstić information content (AvgIpc) is 3.27. The third kappa shape index (κ3) is 5.70. The van der Waals surface area contributed by atoms with Crippen LogP contribution in [0, 0.1) is 5.82 Å². The summed E-state index contributed by atoms with van der Waals surface area (Å²) in [4.78, 5) is 43.3. The Morgan fingerprint density at radius 2 is 1.64 bits per heavy atom. The van der Waals surface area contributed by atoms with Crippen LogP contribution in [0.25, 0.3) is 0 Å². The molecule has 2 N–H and O–H groups in total. The SMILES string of the molecule is CN(C(=O)NCc1ccccc1)N1CC(=O)N2[C@@H](Cc3ccc(O)cc3)C(=O)N(Cc3ccc(F)cc3)C[C@@H]21. The number of nitrogens with one attached hydrogen (secondary N) is 1. The smallest absolute Gasteiger partial charge is 0.332 e. The Kier molecular flexibility index (Phi) is 7.47. The van der Waals surface area contributed by atoms with Gasteiger partial charge in [0.05, 0.1) is 13.1 Å². The number of hydrogen-bond acceptors (Lipinski definition) is 5. The standard InChI is InChI=1S/C29H30FN5O4/c1-32(29(39)31-16-21-5-3-2-4-6-21)34-19-27(37)35-25(15-20-9-13-24(36)14-10-20)28(38)33(18-26(34)35)17-22-7-11-23(30)12-8-22/h2-14,25-26,36H,15-19H2,1H3,(H,31,39)/t25-,26+/m0/s1. The predicted molar refractivity (Wildman–Crippen MR) is 141 cm³/mol. The molecule has 2 aliphatic rings. The molecule has 2 fully saturated rings. The monoisotopic (exact) mass is 531 g/mol. The molecule has 4 amide bonds. The summed E-state index contributed by atoms with van der Waals surface area (Å²) in [5.74, 6) is -0.733. The normalized spacial score (nSPS) is 19.2. The van der Waals surface area contributed by atoms with Crippen molar-refractivity contribution in [1.82, 2.24) is 25.1 Å². The van der Waals surface area contributed by atoms with Crippen LogP contribution in [0.5, 0.6) is 5.75 Å². The third-order valence-corrected chi connectivity index (χ3v) is 7.18. The molecule has 3 aromatic rings. The molecule has 0 unspecified atom stereocenters. The fraction of sp³-hybridized carbons (Fsp3) is 0.276. The average molecular weight is 532 g/mol. The van der Waals surface area contributed by atoms with Crippen molar-refractivity contribution >= 4 is 17.8 Å². The molecule has 9 nitrogen and oxygen atoms in total. The number of hydrogen-bond donors (Lipinski definition) is 2. The van der Waals surface area contributed by atoms with Gasteiger partial charge in [0.15, 0.2) is 0 Å². The van der Waals surface area contributed by atoms with Crippen molar-refractivity contribution in [3.8, 4) is 5.75 Å². The second-order valence-corrected chi connectivity index (χ2v) is 9.78. The van der Waals surface area contributed by atoms with Crippen molar-refractivity contribution in [3.63, 3.8) is 0 Å². The number of nitrogens with zero attached hydrogens (tertiary/aromatic N) is 4. The summed E-state index contributed by atoms with van der Waals surface area (Å²) in [7, 11) is 1.60. The molecule has 10 heteroatoms. The quantitative estimate of drug-likeness (QED) is 0.489. The minimum atomic E-state index is -0.799. The molecule has 2 aliphatic heterocycles. The van der Waals surface area contributed by atoms with Crippen molar-refractivity contribution in [2.75, 3.05) is 20.1 Å². The lowest BCUT2D eigenvalue weighted by molar-refractivity contribution is -0.157. The second kappa shape index (κ2) is 11.1. The van der Waals surface area contributed by atoms with Crippen LogP contribution in [-0.4, -0.2) is 75.1 Å². The number of phenolic OH excluding ortho intramolecular Hbond substituents is 1. The highest BCUT2D eigenvalue weighted by atomic mass is 19.1. The summed E-state index contributed by atoms with van der Waals surface area (Å²) < 4.78 is 13.5. The van der Waals surface area contributed by atoms with Gasteiger partial charge in [-0.3, -0.25) is 14.6 Å². The Morgan fingerprint density at radius 1 is 0.974 bits per heavy atom. The van der Waals surface area contributed by atoms with E-state index in [9.17, 15) is 23.9 Å². The van der Waals surface area contributed by atoms with Crippen LogP contribution >= 0.6 is 0 Å². The van der Waals surface area contributed by atoms with Crippen molar-refractivity contribution < 1.29 is 23.9 Å². The zero-order valence-electron chi connectivity index (χ0n) is 21.5. The molecule has 2 saturated heterocycles. The largest absolute Gasteiger partial charge is 0.508 e. The van der Waals surface area contributed by atoms with E-state index in [1.807, 2.05) is 30.3 Å². The number of benzene rings is 3. The van der Waals surface area contributed by atoms with E-state index in [0.29, 0.717) is 6.54 Å². The fourth-order valence-electron chi connectivity index (χ4n) is 5.12. The summed E-state index contributed by atoms with van der Waals surface area (Å²) >= 11 is 0. The first-order valence-electron chi connectivity index (χ1n) is 12.7. The molecule has 2 heterocycles. The molecule has 0 aliphatic carbocycles. The lowest BCUT2D eigenvalue weighted by atomic mass is 10.00. The maximum atomic E-state index is 13.7. The van der Waals surface area contributed by atoms with Gasteiger partial charge in [-0.05, 0) is 41.0 Å². The Bertz CT molecular complexity index is 1340. The number of rotatable bonds is 7. The summed E-state index contributed by atoms with van der Waals surface area (Å²) in [5, 5.41) is 15.6. The number of amides is 4.